The highest BCUT2D eigenvalue weighted by Gasteiger charge is 2.33. The summed E-state index contributed by atoms with van der Waals surface area (Å²) in [6.07, 6.45) is 7.52. The predicted octanol–water partition coefficient (Wildman–Crippen LogP) is 4.52. The second-order valence-electron chi connectivity index (χ2n) is 5.49. The summed E-state index contributed by atoms with van der Waals surface area (Å²) in [5.41, 5.74) is 0.540. The summed E-state index contributed by atoms with van der Waals surface area (Å²) in [5.74, 6) is 0.878. The summed E-state index contributed by atoms with van der Waals surface area (Å²) in [4.78, 5) is 0. The number of phenolic OH excluding ortho intramolecular Hbond substituents is 1. The van der Waals surface area contributed by atoms with Crippen LogP contribution < -0.4 is 4.74 Å². The van der Waals surface area contributed by atoms with E-state index in [1.54, 1.807) is 6.07 Å². The molecule has 0 bridgehead atoms. The summed E-state index contributed by atoms with van der Waals surface area (Å²) in [6, 6.07) is 7.25. The molecule has 2 rings (SSSR count). The fourth-order valence-corrected chi connectivity index (χ4v) is 3.02. The van der Waals surface area contributed by atoms with Crippen molar-refractivity contribution in [3.63, 3.8) is 0 Å². The maximum Gasteiger partial charge on any atom is 0.161 e. The van der Waals surface area contributed by atoms with Crippen molar-refractivity contribution in [1.29, 1.82) is 0 Å². The molecule has 1 aliphatic carbocycles. The first-order chi connectivity index (χ1) is 8.69. The lowest BCUT2D eigenvalue weighted by Crippen LogP contribution is -2.31. The topological polar surface area (TPSA) is 29.5 Å². The Kier molecular flexibility index (Phi) is 4.15. The van der Waals surface area contributed by atoms with Gasteiger partial charge in [0.1, 0.15) is 0 Å². The van der Waals surface area contributed by atoms with Crippen LogP contribution in [-0.2, 0) is 0 Å². The van der Waals surface area contributed by atoms with E-state index in [9.17, 15) is 5.11 Å². The molecule has 0 spiro atoms. The van der Waals surface area contributed by atoms with Gasteiger partial charge in [0, 0.05) is 0 Å². The van der Waals surface area contributed by atoms with Crippen LogP contribution in [-0.4, -0.2) is 11.2 Å². The van der Waals surface area contributed by atoms with Crippen molar-refractivity contribution in [2.45, 2.75) is 58.5 Å². The third-order valence-electron chi connectivity index (χ3n) is 4.65. The van der Waals surface area contributed by atoms with Crippen LogP contribution in [0, 0.1) is 5.41 Å². The molecule has 1 aliphatic rings. The quantitative estimate of drug-likeness (QED) is 0.848. The summed E-state index contributed by atoms with van der Waals surface area (Å²) in [5, 5.41) is 9.71. The molecule has 0 atom stereocenters. The second kappa shape index (κ2) is 5.64. The molecule has 2 nitrogen and oxygen atoms in total. The monoisotopic (exact) mass is 248 g/mol. The molecule has 0 radical (unpaired) electrons. The number of hydrogen-bond acceptors (Lipinski definition) is 2. The Balaban J connectivity index is 1.93. The number of hydrogen-bond donors (Lipinski definition) is 1. The van der Waals surface area contributed by atoms with E-state index in [0.29, 0.717) is 11.2 Å². The van der Waals surface area contributed by atoms with E-state index in [1.165, 1.54) is 25.7 Å². The molecule has 1 fully saturated rings. The molecule has 0 aromatic heterocycles. The summed E-state index contributed by atoms with van der Waals surface area (Å²) >= 11 is 0. The predicted molar refractivity (Wildman–Crippen MR) is 74.0 cm³/mol. The van der Waals surface area contributed by atoms with Crippen molar-refractivity contribution < 1.29 is 9.84 Å². The van der Waals surface area contributed by atoms with Crippen LogP contribution in [0.1, 0.15) is 52.4 Å². The SMILES string of the molecule is CCC1(CC)CCC(Oc2ccccc2O)CC1. The lowest BCUT2D eigenvalue weighted by atomic mass is 9.70. The number of phenols is 1. The van der Waals surface area contributed by atoms with Gasteiger partial charge in [-0.25, -0.2) is 0 Å². The smallest absolute Gasteiger partial charge is 0.161 e. The van der Waals surface area contributed by atoms with Gasteiger partial charge in [0.2, 0.25) is 0 Å². The van der Waals surface area contributed by atoms with Gasteiger partial charge in [0.25, 0.3) is 0 Å². The van der Waals surface area contributed by atoms with Gasteiger partial charge in [0.15, 0.2) is 11.5 Å². The van der Waals surface area contributed by atoms with Crippen LogP contribution in [0.3, 0.4) is 0 Å². The molecule has 0 heterocycles. The summed E-state index contributed by atoms with van der Waals surface area (Å²) < 4.78 is 5.92. The van der Waals surface area contributed by atoms with Crippen molar-refractivity contribution in [1.82, 2.24) is 0 Å². The Morgan fingerprint density at radius 3 is 2.33 bits per heavy atom. The van der Waals surface area contributed by atoms with Gasteiger partial charge in [-0.1, -0.05) is 38.8 Å². The van der Waals surface area contributed by atoms with Gasteiger partial charge in [-0.05, 0) is 43.2 Å². The van der Waals surface area contributed by atoms with E-state index in [0.717, 1.165) is 12.8 Å². The number of ether oxygens (including phenoxy) is 1. The van der Waals surface area contributed by atoms with E-state index in [-0.39, 0.29) is 11.9 Å². The zero-order valence-corrected chi connectivity index (χ0v) is 11.5. The third-order valence-corrected chi connectivity index (χ3v) is 4.65. The fourth-order valence-electron chi connectivity index (χ4n) is 3.02. The third kappa shape index (κ3) is 2.80. The standard InChI is InChI=1S/C16H24O2/c1-3-16(4-2)11-9-13(10-12-16)18-15-8-6-5-7-14(15)17/h5-8,13,17H,3-4,9-12H2,1-2H3. The Hall–Kier alpha value is -1.18. The Morgan fingerprint density at radius 1 is 1.17 bits per heavy atom. The number of para-hydroxylation sites is 2. The normalized spacial score (nSPS) is 19.7. The molecule has 18 heavy (non-hydrogen) atoms. The summed E-state index contributed by atoms with van der Waals surface area (Å²) in [7, 11) is 0. The van der Waals surface area contributed by atoms with Gasteiger partial charge in [-0.2, -0.15) is 0 Å². The Labute approximate surface area is 110 Å². The molecule has 1 saturated carbocycles. The maximum atomic E-state index is 9.71. The average Bonchev–Trinajstić information content (AvgIpc) is 2.43. The van der Waals surface area contributed by atoms with Crippen LogP contribution in [0.4, 0.5) is 0 Å². The van der Waals surface area contributed by atoms with E-state index in [1.807, 2.05) is 18.2 Å². The van der Waals surface area contributed by atoms with Gasteiger partial charge >= 0.3 is 0 Å². The number of benzene rings is 1. The molecule has 2 heteroatoms. The molecule has 1 aromatic rings. The molecule has 100 valence electrons. The van der Waals surface area contributed by atoms with Crippen molar-refractivity contribution in [3.05, 3.63) is 24.3 Å². The summed E-state index contributed by atoms with van der Waals surface area (Å²) in [6.45, 7) is 4.60. The minimum atomic E-state index is 0.250. The molecule has 0 amide bonds. The van der Waals surface area contributed by atoms with Crippen molar-refractivity contribution in [2.24, 2.45) is 5.41 Å². The van der Waals surface area contributed by atoms with Crippen LogP contribution in [0.2, 0.25) is 0 Å². The van der Waals surface area contributed by atoms with Crippen molar-refractivity contribution >= 4 is 0 Å². The first kappa shape index (κ1) is 13.3. The molecule has 1 aromatic carbocycles. The fraction of sp³-hybridized carbons (Fsp3) is 0.625. The second-order valence-corrected chi connectivity index (χ2v) is 5.49. The van der Waals surface area contributed by atoms with Gasteiger partial charge in [-0.15, -0.1) is 0 Å². The first-order valence-corrected chi connectivity index (χ1v) is 7.14. The van der Waals surface area contributed by atoms with Gasteiger partial charge in [0.05, 0.1) is 6.10 Å². The van der Waals surface area contributed by atoms with Crippen LogP contribution in [0.15, 0.2) is 24.3 Å². The van der Waals surface area contributed by atoms with E-state index >= 15 is 0 Å². The molecule has 0 saturated heterocycles. The van der Waals surface area contributed by atoms with Crippen LogP contribution in [0.5, 0.6) is 11.5 Å². The maximum absolute atomic E-state index is 9.71. The first-order valence-electron chi connectivity index (χ1n) is 7.14. The van der Waals surface area contributed by atoms with Crippen molar-refractivity contribution in [3.8, 4) is 11.5 Å². The molecule has 1 N–H and O–H groups in total. The van der Waals surface area contributed by atoms with E-state index < -0.39 is 0 Å². The molecule has 0 aliphatic heterocycles. The van der Waals surface area contributed by atoms with Gasteiger partial charge < -0.3 is 9.84 Å². The highest BCUT2D eigenvalue weighted by molar-refractivity contribution is 5.38. The minimum Gasteiger partial charge on any atom is -0.504 e. The lowest BCUT2D eigenvalue weighted by Gasteiger charge is -2.39. The van der Waals surface area contributed by atoms with Crippen LogP contribution >= 0.6 is 0 Å². The Morgan fingerprint density at radius 2 is 1.78 bits per heavy atom. The lowest BCUT2D eigenvalue weighted by molar-refractivity contribution is 0.0714. The van der Waals surface area contributed by atoms with E-state index in [2.05, 4.69) is 13.8 Å². The van der Waals surface area contributed by atoms with Crippen molar-refractivity contribution in [2.75, 3.05) is 0 Å². The zero-order chi connectivity index (χ0) is 13.0. The average molecular weight is 248 g/mol. The number of rotatable bonds is 4. The van der Waals surface area contributed by atoms with E-state index in [4.69, 9.17) is 4.74 Å². The Bertz CT molecular complexity index is 372. The largest absolute Gasteiger partial charge is 0.504 e. The number of aromatic hydroxyl groups is 1. The minimum absolute atomic E-state index is 0.250. The van der Waals surface area contributed by atoms with Gasteiger partial charge in [-0.3, -0.25) is 0 Å². The molecular formula is C16H24O2. The molecular weight excluding hydrogens is 224 g/mol. The zero-order valence-electron chi connectivity index (χ0n) is 11.5. The molecule has 0 unspecified atom stereocenters. The highest BCUT2D eigenvalue weighted by atomic mass is 16.5. The highest BCUT2D eigenvalue weighted by Crippen LogP contribution is 2.43. The van der Waals surface area contributed by atoms with Crippen LogP contribution in [0.25, 0.3) is 0 Å².